The zero-order chi connectivity index (χ0) is 19.0. The van der Waals surface area contributed by atoms with Crippen LogP contribution in [0.4, 0.5) is 0 Å². The second kappa shape index (κ2) is 9.42. The molecule has 2 aromatic carbocycles. The molecule has 3 rings (SSSR count). The fraction of sp³-hybridized carbons (Fsp3) is 0.261. The maximum Gasteiger partial charge on any atom is 0.0806 e. The van der Waals surface area contributed by atoms with Crippen molar-refractivity contribution >= 4 is 0 Å². The Balaban J connectivity index is 1.73. The zero-order valence-electron chi connectivity index (χ0n) is 15.8. The van der Waals surface area contributed by atoms with Gasteiger partial charge in [0, 0.05) is 36.9 Å². The molecule has 4 heteroatoms. The van der Waals surface area contributed by atoms with Crippen LogP contribution >= 0.6 is 0 Å². The molecule has 0 bridgehead atoms. The summed E-state index contributed by atoms with van der Waals surface area (Å²) >= 11 is 0. The predicted octanol–water partition coefficient (Wildman–Crippen LogP) is 3.93. The molecule has 0 saturated heterocycles. The number of nitrogens with zero attached hydrogens (tertiary/aromatic N) is 2. The minimum absolute atomic E-state index is 0.340. The van der Waals surface area contributed by atoms with E-state index in [1.54, 1.807) is 6.20 Å². The standard InChI is InChI=1S/C23H27N3O/c1-23(18-24,22-14-8-9-15-25-22)19-27-26(16-20-10-4-2-5-11-20)17-21-12-6-3-7-13-21/h2-15H,16-19,24H2,1H3. The molecule has 1 unspecified atom stereocenters. The average molecular weight is 361 g/mol. The van der Waals surface area contributed by atoms with Gasteiger partial charge in [0.05, 0.1) is 6.61 Å². The molecular formula is C23H27N3O. The molecule has 1 heterocycles. The third-order valence-corrected chi connectivity index (χ3v) is 4.70. The molecule has 0 radical (unpaired) electrons. The minimum atomic E-state index is -0.340. The highest BCUT2D eigenvalue weighted by Gasteiger charge is 2.28. The van der Waals surface area contributed by atoms with Gasteiger partial charge in [-0.05, 0) is 23.3 Å². The van der Waals surface area contributed by atoms with Gasteiger partial charge in [-0.25, -0.2) is 0 Å². The van der Waals surface area contributed by atoms with Crippen molar-refractivity contribution in [2.45, 2.75) is 25.4 Å². The van der Waals surface area contributed by atoms with E-state index in [0.29, 0.717) is 26.2 Å². The largest absolute Gasteiger partial charge is 0.329 e. The van der Waals surface area contributed by atoms with Gasteiger partial charge in [0.25, 0.3) is 0 Å². The Morgan fingerprint density at radius 1 is 0.852 bits per heavy atom. The van der Waals surface area contributed by atoms with Crippen LogP contribution in [0.25, 0.3) is 0 Å². The van der Waals surface area contributed by atoms with Gasteiger partial charge in [0.15, 0.2) is 0 Å². The van der Waals surface area contributed by atoms with Gasteiger partial charge < -0.3 is 5.73 Å². The van der Waals surface area contributed by atoms with Crippen molar-refractivity contribution < 1.29 is 4.84 Å². The van der Waals surface area contributed by atoms with Gasteiger partial charge in [0.2, 0.25) is 0 Å². The molecule has 4 nitrogen and oxygen atoms in total. The van der Waals surface area contributed by atoms with Gasteiger partial charge >= 0.3 is 0 Å². The molecule has 27 heavy (non-hydrogen) atoms. The van der Waals surface area contributed by atoms with Crippen molar-refractivity contribution in [3.63, 3.8) is 0 Å². The molecule has 1 atom stereocenters. The Bertz CT molecular complexity index is 754. The van der Waals surface area contributed by atoms with E-state index in [1.807, 2.05) is 59.7 Å². The maximum absolute atomic E-state index is 6.27. The molecular weight excluding hydrogens is 334 g/mol. The van der Waals surface area contributed by atoms with E-state index in [0.717, 1.165) is 5.69 Å². The normalized spacial score (nSPS) is 13.4. The lowest BCUT2D eigenvalue weighted by Gasteiger charge is -2.31. The van der Waals surface area contributed by atoms with Crippen LogP contribution in [-0.2, 0) is 23.3 Å². The summed E-state index contributed by atoms with van der Waals surface area (Å²) in [5, 5.41) is 2.00. The average Bonchev–Trinajstić information content (AvgIpc) is 2.74. The van der Waals surface area contributed by atoms with E-state index in [9.17, 15) is 0 Å². The summed E-state index contributed by atoms with van der Waals surface area (Å²) in [7, 11) is 0. The molecule has 0 saturated carbocycles. The third-order valence-electron chi connectivity index (χ3n) is 4.70. The lowest BCUT2D eigenvalue weighted by atomic mass is 9.87. The minimum Gasteiger partial charge on any atom is -0.329 e. The van der Waals surface area contributed by atoms with E-state index in [1.165, 1.54) is 11.1 Å². The van der Waals surface area contributed by atoms with Crippen LogP contribution in [0.15, 0.2) is 85.1 Å². The number of pyridine rings is 1. The van der Waals surface area contributed by atoms with E-state index in [-0.39, 0.29) is 5.41 Å². The summed E-state index contributed by atoms with van der Waals surface area (Å²) in [6.45, 7) is 4.45. The van der Waals surface area contributed by atoms with Crippen LogP contribution in [-0.4, -0.2) is 23.2 Å². The lowest BCUT2D eigenvalue weighted by Crippen LogP contribution is -2.40. The summed E-state index contributed by atoms with van der Waals surface area (Å²) in [6.07, 6.45) is 1.80. The number of hydrogen-bond donors (Lipinski definition) is 1. The number of benzene rings is 2. The van der Waals surface area contributed by atoms with E-state index >= 15 is 0 Å². The van der Waals surface area contributed by atoms with Gasteiger partial charge in [-0.1, -0.05) is 73.7 Å². The smallest absolute Gasteiger partial charge is 0.0806 e. The SMILES string of the molecule is CC(CN)(CON(Cc1ccccc1)Cc1ccccc1)c1ccccn1. The van der Waals surface area contributed by atoms with Gasteiger partial charge in [-0.15, -0.1) is 0 Å². The van der Waals surface area contributed by atoms with Crippen LogP contribution in [0, 0.1) is 0 Å². The van der Waals surface area contributed by atoms with Crippen LogP contribution < -0.4 is 5.73 Å². The maximum atomic E-state index is 6.27. The molecule has 0 aliphatic carbocycles. The van der Waals surface area contributed by atoms with Crippen molar-refractivity contribution in [1.29, 1.82) is 0 Å². The fourth-order valence-electron chi connectivity index (χ4n) is 2.91. The fourth-order valence-corrected chi connectivity index (χ4v) is 2.91. The van der Waals surface area contributed by atoms with Crippen molar-refractivity contribution in [3.05, 3.63) is 102 Å². The highest BCUT2D eigenvalue weighted by Crippen LogP contribution is 2.22. The number of rotatable bonds is 9. The number of aromatic nitrogens is 1. The molecule has 0 aliphatic heterocycles. The van der Waals surface area contributed by atoms with Crippen LogP contribution in [0.5, 0.6) is 0 Å². The highest BCUT2D eigenvalue weighted by atomic mass is 16.7. The highest BCUT2D eigenvalue weighted by molar-refractivity contribution is 5.18. The number of hydrogen-bond acceptors (Lipinski definition) is 4. The molecule has 0 fully saturated rings. The monoisotopic (exact) mass is 361 g/mol. The Morgan fingerprint density at radius 2 is 1.41 bits per heavy atom. The Kier molecular flexibility index (Phi) is 6.71. The lowest BCUT2D eigenvalue weighted by molar-refractivity contribution is -0.186. The van der Waals surface area contributed by atoms with E-state index in [2.05, 4.69) is 36.2 Å². The molecule has 0 aliphatic rings. The van der Waals surface area contributed by atoms with Gasteiger partial charge in [-0.3, -0.25) is 9.82 Å². The molecule has 2 N–H and O–H groups in total. The summed E-state index contributed by atoms with van der Waals surface area (Å²) in [5.74, 6) is 0. The number of hydroxylamine groups is 2. The second-order valence-electron chi connectivity index (χ2n) is 7.02. The first-order valence-corrected chi connectivity index (χ1v) is 9.27. The summed E-state index contributed by atoms with van der Waals surface area (Å²) in [4.78, 5) is 10.8. The first kappa shape index (κ1) is 19.2. The van der Waals surface area contributed by atoms with Gasteiger partial charge in [-0.2, -0.15) is 5.06 Å². The van der Waals surface area contributed by atoms with E-state index < -0.39 is 0 Å². The van der Waals surface area contributed by atoms with Crippen LogP contribution in [0.3, 0.4) is 0 Å². The summed E-state index contributed by atoms with van der Waals surface area (Å²) in [5.41, 5.74) is 9.12. The Morgan fingerprint density at radius 3 is 1.89 bits per heavy atom. The quantitative estimate of drug-likeness (QED) is 0.587. The molecule has 0 amide bonds. The first-order valence-electron chi connectivity index (χ1n) is 9.27. The van der Waals surface area contributed by atoms with Crippen LogP contribution in [0.2, 0.25) is 0 Å². The van der Waals surface area contributed by atoms with E-state index in [4.69, 9.17) is 10.6 Å². The molecule has 0 spiro atoms. The molecule has 1 aromatic heterocycles. The van der Waals surface area contributed by atoms with Crippen molar-refractivity contribution in [2.24, 2.45) is 5.73 Å². The van der Waals surface area contributed by atoms with Crippen LogP contribution in [0.1, 0.15) is 23.7 Å². The number of nitrogens with two attached hydrogens (primary N) is 1. The topological polar surface area (TPSA) is 51.4 Å². The second-order valence-corrected chi connectivity index (χ2v) is 7.02. The van der Waals surface area contributed by atoms with Crippen molar-refractivity contribution in [2.75, 3.05) is 13.2 Å². The summed E-state index contributed by atoms with van der Waals surface area (Å²) in [6, 6.07) is 26.6. The van der Waals surface area contributed by atoms with Crippen molar-refractivity contribution in [3.8, 4) is 0 Å². The predicted molar refractivity (Wildman–Crippen MR) is 109 cm³/mol. The summed E-state index contributed by atoms with van der Waals surface area (Å²) < 4.78 is 0. The third kappa shape index (κ3) is 5.47. The zero-order valence-corrected chi connectivity index (χ0v) is 15.8. The molecule has 140 valence electrons. The Hall–Kier alpha value is -2.53. The Labute approximate surface area is 161 Å². The van der Waals surface area contributed by atoms with Crippen molar-refractivity contribution in [1.82, 2.24) is 10.0 Å². The molecule has 3 aromatic rings. The first-order chi connectivity index (χ1) is 13.2. The van der Waals surface area contributed by atoms with Gasteiger partial charge in [0.1, 0.15) is 0 Å².